The lowest BCUT2D eigenvalue weighted by atomic mass is 10.0. The van der Waals surface area contributed by atoms with Crippen molar-refractivity contribution in [2.75, 3.05) is 13.2 Å². The lowest BCUT2D eigenvalue weighted by Gasteiger charge is -2.30. The predicted molar refractivity (Wildman–Crippen MR) is 74.0 cm³/mol. The van der Waals surface area contributed by atoms with Crippen LogP contribution in [0.15, 0.2) is 30.3 Å². The molecule has 126 valence electrons. The number of amides is 2. The van der Waals surface area contributed by atoms with Gasteiger partial charge in [-0.25, -0.2) is 4.79 Å². The molecule has 5 nitrogen and oxygen atoms in total. The number of carbonyl (C=O) groups is 1. The lowest BCUT2D eigenvalue weighted by molar-refractivity contribution is -0.328. The van der Waals surface area contributed by atoms with E-state index in [4.69, 9.17) is 4.84 Å². The van der Waals surface area contributed by atoms with Gasteiger partial charge in [0.2, 0.25) is 0 Å². The van der Waals surface area contributed by atoms with Crippen molar-refractivity contribution in [1.82, 2.24) is 9.96 Å². The smallest absolute Gasteiger partial charge is 0.315 e. The van der Waals surface area contributed by atoms with E-state index in [0.29, 0.717) is 19.4 Å². The summed E-state index contributed by atoms with van der Waals surface area (Å²) in [4.78, 5) is 19.3. The zero-order valence-corrected chi connectivity index (χ0v) is 12.3. The van der Waals surface area contributed by atoms with Gasteiger partial charge in [0.1, 0.15) is 6.61 Å². The number of piperidine rings is 1. The third-order valence-electron chi connectivity index (χ3n) is 4.10. The maximum atomic E-state index is 12.3. The number of hydrogen-bond donors (Lipinski definition) is 0. The Labute approximate surface area is 131 Å². The summed E-state index contributed by atoms with van der Waals surface area (Å²) in [7, 11) is 0. The number of ether oxygens (including phenoxy) is 1. The van der Waals surface area contributed by atoms with E-state index in [0.717, 1.165) is 5.56 Å². The quantitative estimate of drug-likeness (QED) is 0.834. The van der Waals surface area contributed by atoms with Crippen molar-refractivity contribution < 1.29 is 27.5 Å². The van der Waals surface area contributed by atoms with Crippen molar-refractivity contribution >= 4 is 6.03 Å². The second-order valence-electron chi connectivity index (χ2n) is 5.66. The highest BCUT2D eigenvalue weighted by molar-refractivity contribution is 5.76. The van der Waals surface area contributed by atoms with E-state index in [-0.39, 0.29) is 18.7 Å². The van der Waals surface area contributed by atoms with Crippen LogP contribution in [0.4, 0.5) is 18.0 Å². The van der Waals surface area contributed by atoms with Crippen LogP contribution in [-0.4, -0.2) is 47.6 Å². The number of fused-ring (bicyclic) bond motifs is 2. The molecule has 0 unspecified atom stereocenters. The molecule has 2 amide bonds. The van der Waals surface area contributed by atoms with E-state index >= 15 is 0 Å². The molecule has 3 rings (SSSR count). The molecular weight excluding hydrogens is 313 g/mol. The van der Waals surface area contributed by atoms with Crippen molar-refractivity contribution in [3.05, 3.63) is 35.9 Å². The molecule has 2 aliphatic heterocycles. The highest BCUT2D eigenvalue weighted by Crippen LogP contribution is 2.31. The normalized spacial score (nSPS) is 24.4. The molecule has 0 radical (unpaired) electrons. The Morgan fingerprint density at radius 1 is 1.17 bits per heavy atom. The Morgan fingerprint density at radius 2 is 1.91 bits per heavy atom. The maximum absolute atomic E-state index is 12.3. The van der Waals surface area contributed by atoms with E-state index in [2.05, 4.69) is 4.74 Å². The van der Waals surface area contributed by atoms with Gasteiger partial charge in [0.05, 0.1) is 18.7 Å². The topological polar surface area (TPSA) is 42.0 Å². The first kappa shape index (κ1) is 16.1. The van der Waals surface area contributed by atoms with Crippen LogP contribution in [0.1, 0.15) is 18.4 Å². The fourth-order valence-corrected chi connectivity index (χ4v) is 2.96. The Morgan fingerprint density at radius 3 is 2.61 bits per heavy atom. The van der Waals surface area contributed by atoms with Crippen LogP contribution in [0, 0.1) is 0 Å². The summed E-state index contributed by atoms with van der Waals surface area (Å²) in [5.41, 5.74) is 0.925. The third kappa shape index (κ3) is 3.76. The summed E-state index contributed by atoms with van der Waals surface area (Å²) >= 11 is 0. The lowest BCUT2D eigenvalue weighted by Crippen LogP contribution is -2.43. The third-order valence-corrected chi connectivity index (χ3v) is 4.10. The van der Waals surface area contributed by atoms with E-state index < -0.39 is 19.0 Å². The molecule has 0 spiro atoms. The first-order chi connectivity index (χ1) is 10.9. The number of halogens is 3. The first-order valence-corrected chi connectivity index (χ1v) is 7.41. The van der Waals surface area contributed by atoms with Gasteiger partial charge >= 0.3 is 12.4 Å². The summed E-state index contributed by atoms with van der Waals surface area (Å²) < 4.78 is 40.4. The van der Waals surface area contributed by atoms with Crippen LogP contribution >= 0.6 is 0 Å². The zero-order chi connectivity index (χ0) is 16.4. The molecular formula is C15H17F3N2O3. The second-order valence-corrected chi connectivity index (χ2v) is 5.66. The number of urea groups is 1. The molecule has 23 heavy (non-hydrogen) atoms. The van der Waals surface area contributed by atoms with Gasteiger partial charge < -0.3 is 4.90 Å². The summed E-state index contributed by atoms with van der Waals surface area (Å²) in [6.45, 7) is 0.0919. The average Bonchev–Trinajstić information content (AvgIpc) is 2.77. The summed E-state index contributed by atoms with van der Waals surface area (Å²) in [6, 6.07) is 8.32. The second kappa shape index (κ2) is 6.37. The standard InChI is InChI=1S/C15H17F3N2O3/c16-15(17,18)22-10-13-7-6-12-8-19(13)14(21)20(12)23-9-11-4-2-1-3-5-11/h1-5,12-13H,6-10H2/t12-,13+/m1/s1. The molecule has 1 aromatic carbocycles. The van der Waals surface area contributed by atoms with Crippen molar-refractivity contribution in [2.45, 2.75) is 37.9 Å². The highest BCUT2D eigenvalue weighted by atomic mass is 19.4. The summed E-state index contributed by atoms with van der Waals surface area (Å²) in [6.07, 6.45) is -3.61. The summed E-state index contributed by atoms with van der Waals surface area (Å²) in [5.74, 6) is 0. The minimum atomic E-state index is -4.68. The van der Waals surface area contributed by atoms with Gasteiger partial charge in [0, 0.05) is 6.54 Å². The fourth-order valence-electron chi connectivity index (χ4n) is 2.96. The van der Waals surface area contributed by atoms with Gasteiger partial charge in [-0.05, 0) is 18.4 Å². The largest absolute Gasteiger partial charge is 0.522 e. The van der Waals surface area contributed by atoms with Crippen molar-refractivity contribution in [3.63, 3.8) is 0 Å². The number of hydrogen-bond acceptors (Lipinski definition) is 3. The fraction of sp³-hybridized carbons (Fsp3) is 0.533. The maximum Gasteiger partial charge on any atom is 0.522 e. The molecule has 2 saturated heterocycles. The van der Waals surface area contributed by atoms with Gasteiger partial charge in [-0.15, -0.1) is 13.2 Å². The monoisotopic (exact) mass is 330 g/mol. The molecule has 2 aliphatic rings. The van der Waals surface area contributed by atoms with E-state index in [1.807, 2.05) is 30.3 Å². The predicted octanol–water partition coefficient (Wildman–Crippen LogP) is 2.92. The van der Waals surface area contributed by atoms with Gasteiger partial charge in [-0.3, -0.25) is 9.57 Å². The molecule has 2 fully saturated rings. The molecule has 2 heterocycles. The number of carbonyl (C=O) groups excluding carboxylic acids is 1. The van der Waals surface area contributed by atoms with Crippen LogP contribution in [0.2, 0.25) is 0 Å². The molecule has 1 aromatic rings. The van der Waals surface area contributed by atoms with Gasteiger partial charge in [-0.1, -0.05) is 30.3 Å². The molecule has 0 aromatic heterocycles. The molecule has 0 saturated carbocycles. The van der Waals surface area contributed by atoms with Crippen molar-refractivity contribution in [2.24, 2.45) is 0 Å². The zero-order valence-electron chi connectivity index (χ0n) is 12.3. The highest BCUT2D eigenvalue weighted by Gasteiger charge is 2.46. The number of alkyl halides is 3. The Kier molecular flexibility index (Phi) is 4.45. The number of rotatable bonds is 5. The molecule has 8 heteroatoms. The number of benzene rings is 1. The Bertz CT molecular complexity index is 553. The molecule has 2 atom stereocenters. The number of nitrogens with zero attached hydrogens (tertiary/aromatic N) is 2. The Hall–Kier alpha value is -1.80. The van der Waals surface area contributed by atoms with E-state index in [9.17, 15) is 18.0 Å². The molecule has 0 aliphatic carbocycles. The van der Waals surface area contributed by atoms with Crippen molar-refractivity contribution in [3.8, 4) is 0 Å². The minimum Gasteiger partial charge on any atom is -0.315 e. The average molecular weight is 330 g/mol. The van der Waals surface area contributed by atoms with E-state index in [1.54, 1.807) is 0 Å². The van der Waals surface area contributed by atoms with Crippen LogP contribution in [0.5, 0.6) is 0 Å². The van der Waals surface area contributed by atoms with Gasteiger partial charge in [-0.2, -0.15) is 5.06 Å². The molecule has 0 N–H and O–H groups in total. The van der Waals surface area contributed by atoms with Crippen LogP contribution in [0.25, 0.3) is 0 Å². The summed E-state index contributed by atoms with van der Waals surface area (Å²) in [5, 5.41) is 1.29. The molecule has 2 bridgehead atoms. The van der Waals surface area contributed by atoms with Gasteiger partial charge in [0.15, 0.2) is 0 Å². The van der Waals surface area contributed by atoms with Crippen LogP contribution in [-0.2, 0) is 16.2 Å². The first-order valence-electron chi connectivity index (χ1n) is 7.41. The van der Waals surface area contributed by atoms with E-state index in [1.165, 1.54) is 9.96 Å². The Balaban J connectivity index is 1.58. The van der Waals surface area contributed by atoms with Crippen molar-refractivity contribution in [1.29, 1.82) is 0 Å². The SMILES string of the molecule is O=C1N2C[C@@H](CC[C@H]2COC(F)(F)F)N1OCc1ccccc1. The number of hydroxylamine groups is 2. The van der Waals surface area contributed by atoms with Gasteiger partial charge in [0.25, 0.3) is 0 Å². The van der Waals surface area contributed by atoms with Crippen LogP contribution in [0.3, 0.4) is 0 Å². The van der Waals surface area contributed by atoms with Crippen LogP contribution < -0.4 is 0 Å². The minimum absolute atomic E-state index is 0.117.